The van der Waals surface area contributed by atoms with Gasteiger partial charge >= 0.3 is 0 Å². The standard InChI is InChI=1S/C16H24F2N2O2S/c1-11(2)23(21,22)20-13-5-3-12(4-6-13)10-19-14-7-8-15(17)16(18)9-14/h7-9,11-13,19-20H,3-6,10H2,1-2H3/t12-,13-. The third kappa shape index (κ3) is 5.14. The smallest absolute Gasteiger partial charge is 0.214 e. The molecule has 0 aliphatic heterocycles. The summed E-state index contributed by atoms with van der Waals surface area (Å²) in [6.45, 7) is 4.01. The maximum atomic E-state index is 13.1. The predicted molar refractivity (Wildman–Crippen MR) is 87.8 cm³/mol. The minimum atomic E-state index is -3.22. The minimum Gasteiger partial charge on any atom is -0.385 e. The highest BCUT2D eigenvalue weighted by Gasteiger charge is 2.26. The molecule has 1 saturated carbocycles. The average molecular weight is 346 g/mol. The van der Waals surface area contributed by atoms with Crippen molar-refractivity contribution in [1.82, 2.24) is 4.72 Å². The monoisotopic (exact) mass is 346 g/mol. The van der Waals surface area contributed by atoms with Crippen molar-refractivity contribution in [3.8, 4) is 0 Å². The lowest BCUT2D eigenvalue weighted by Gasteiger charge is -2.29. The second-order valence-corrected chi connectivity index (χ2v) is 8.71. The quantitative estimate of drug-likeness (QED) is 0.831. The van der Waals surface area contributed by atoms with Crippen molar-refractivity contribution in [3.05, 3.63) is 29.8 Å². The maximum absolute atomic E-state index is 13.1. The lowest BCUT2D eigenvalue weighted by Crippen LogP contribution is -2.41. The summed E-state index contributed by atoms with van der Waals surface area (Å²) in [6, 6.07) is 3.77. The molecule has 1 aliphatic rings. The maximum Gasteiger partial charge on any atom is 0.214 e. The van der Waals surface area contributed by atoms with E-state index in [4.69, 9.17) is 0 Å². The van der Waals surface area contributed by atoms with Gasteiger partial charge in [-0.2, -0.15) is 0 Å². The highest BCUT2D eigenvalue weighted by atomic mass is 32.2. The Morgan fingerprint density at radius 2 is 1.78 bits per heavy atom. The molecule has 1 aliphatic carbocycles. The molecule has 0 bridgehead atoms. The Balaban J connectivity index is 1.77. The summed E-state index contributed by atoms with van der Waals surface area (Å²) in [7, 11) is -3.22. The van der Waals surface area contributed by atoms with Gasteiger partial charge in [-0.15, -0.1) is 0 Å². The second kappa shape index (κ2) is 7.57. The van der Waals surface area contributed by atoms with Crippen molar-refractivity contribution in [3.63, 3.8) is 0 Å². The number of benzene rings is 1. The zero-order chi connectivity index (χ0) is 17.0. The fourth-order valence-corrected chi connectivity index (χ4v) is 3.69. The van der Waals surface area contributed by atoms with Crippen LogP contribution in [0.5, 0.6) is 0 Å². The lowest BCUT2D eigenvalue weighted by molar-refractivity contribution is 0.323. The number of sulfonamides is 1. The van der Waals surface area contributed by atoms with Gasteiger partial charge in [0.15, 0.2) is 11.6 Å². The van der Waals surface area contributed by atoms with Crippen LogP contribution in [0, 0.1) is 17.6 Å². The molecular formula is C16H24F2N2O2S. The molecule has 2 rings (SSSR count). The average Bonchev–Trinajstić information content (AvgIpc) is 2.49. The molecule has 0 amide bonds. The summed E-state index contributed by atoms with van der Waals surface area (Å²) in [4.78, 5) is 0. The van der Waals surface area contributed by atoms with E-state index in [2.05, 4.69) is 10.0 Å². The highest BCUT2D eigenvalue weighted by Crippen LogP contribution is 2.25. The van der Waals surface area contributed by atoms with E-state index in [1.165, 1.54) is 6.07 Å². The number of rotatable bonds is 6. The summed E-state index contributed by atoms with van der Waals surface area (Å²) < 4.78 is 52.5. The molecule has 7 heteroatoms. The summed E-state index contributed by atoms with van der Waals surface area (Å²) >= 11 is 0. The Morgan fingerprint density at radius 1 is 1.13 bits per heavy atom. The molecule has 0 spiro atoms. The molecule has 0 radical (unpaired) electrons. The zero-order valence-corrected chi connectivity index (χ0v) is 14.3. The van der Waals surface area contributed by atoms with Crippen LogP contribution in [0.15, 0.2) is 18.2 Å². The van der Waals surface area contributed by atoms with E-state index < -0.39 is 26.9 Å². The molecule has 0 saturated heterocycles. The largest absolute Gasteiger partial charge is 0.385 e. The number of hydrogen-bond donors (Lipinski definition) is 2. The molecule has 0 unspecified atom stereocenters. The Labute approximate surface area is 136 Å². The van der Waals surface area contributed by atoms with Gasteiger partial charge in [-0.1, -0.05) is 0 Å². The third-order valence-electron chi connectivity index (χ3n) is 4.31. The summed E-state index contributed by atoms with van der Waals surface area (Å²) in [5, 5.41) is 2.70. The molecule has 0 aromatic heterocycles. The van der Waals surface area contributed by atoms with Crippen molar-refractivity contribution in [2.45, 2.75) is 50.8 Å². The minimum absolute atomic E-state index is 0.00177. The SMILES string of the molecule is CC(C)S(=O)(=O)N[C@H]1CC[C@H](CNc2ccc(F)c(F)c2)CC1. The van der Waals surface area contributed by atoms with E-state index >= 15 is 0 Å². The van der Waals surface area contributed by atoms with E-state index in [0.717, 1.165) is 37.8 Å². The van der Waals surface area contributed by atoms with Crippen LogP contribution < -0.4 is 10.0 Å². The van der Waals surface area contributed by atoms with E-state index in [1.54, 1.807) is 13.8 Å². The Morgan fingerprint density at radius 3 is 2.35 bits per heavy atom. The van der Waals surface area contributed by atoms with E-state index in [0.29, 0.717) is 18.2 Å². The van der Waals surface area contributed by atoms with Gasteiger partial charge in [0.1, 0.15) is 0 Å². The molecule has 23 heavy (non-hydrogen) atoms. The number of nitrogens with one attached hydrogen (secondary N) is 2. The first-order chi connectivity index (χ1) is 10.8. The van der Waals surface area contributed by atoms with Crippen molar-refractivity contribution >= 4 is 15.7 Å². The first kappa shape index (κ1) is 18.1. The van der Waals surface area contributed by atoms with Gasteiger partial charge in [0.25, 0.3) is 0 Å². The van der Waals surface area contributed by atoms with E-state index in [-0.39, 0.29) is 6.04 Å². The third-order valence-corrected chi connectivity index (χ3v) is 6.22. The molecule has 1 aromatic rings. The Kier molecular flexibility index (Phi) is 5.97. The lowest BCUT2D eigenvalue weighted by atomic mass is 9.86. The molecule has 4 nitrogen and oxygen atoms in total. The summed E-state index contributed by atoms with van der Waals surface area (Å²) in [5.74, 6) is -1.31. The van der Waals surface area contributed by atoms with Crippen molar-refractivity contribution in [2.75, 3.05) is 11.9 Å². The van der Waals surface area contributed by atoms with Crippen LogP contribution in [0.1, 0.15) is 39.5 Å². The molecule has 0 atom stereocenters. The van der Waals surface area contributed by atoms with Crippen LogP contribution in [-0.2, 0) is 10.0 Å². The molecule has 1 fully saturated rings. The van der Waals surface area contributed by atoms with Gasteiger partial charge in [0.2, 0.25) is 10.0 Å². The molecule has 1 aromatic carbocycles. The fourth-order valence-electron chi connectivity index (χ4n) is 2.72. The Bertz CT molecular complexity index is 627. The molecule has 2 N–H and O–H groups in total. The molecule has 130 valence electrons. The first-order valence-corrected chi connectivity index (χ1v) is 9.52. The Hall–Kier alpha value is -1.21. The highest BCUT2D eigenvalue weighted by molar-refractivity contribution is 7.90. The zero-order valence-electron chi connectivity index (χ0n) is 13.5. The van der Waals surface area contributed by atoms with Gasteiger partial charge in [-0.05, 0) is 63.6 Å². The van der Waals surface area contributed by atoms with Crippen LogP contribution in [0.25, 0.3) is 0 Å². The van der Waals surface area contributed by atoms with Crippen LogP contribution in [0.4, 0.5) is 14.5 Å². The molecule has 0 heterocycles. The summed E-state index contributed by atoms with van der Waals surface area (Å²) in [5.41, 5.74) is 0.562. The van der Waals surface area contributed by atoms with Crippen LogP contribution >= 0.6 is 0 Å². The fraction of sp³-hybridized carbons (Fsp3) is 0.625. The number of halogens is 2. The normalized spacial score (nSPS) is 22.3. The van der Waals surface area contributed by atoms with Crippen molar-refractivity contribution < 1.29 is 17.2 Å². The van der Waals surface area contributed by atoms with Crippen LogP contribution in [0.2, 0.25) is 0 Å². The van der Waals surface area contributed by atoms with Gasteiger partial charge in [-0.3, -0.25) is 0 Å². The molecular weight excluding hydrogens is 322 g/mol. The number of anilines is 1. The van der Waals surface area contributed by atoms with Crippen molar-refractivity contribution in [1.29, 1.82) is 0 Å². The van der Waals surface area contributed by atoms with Crippen LogP contribution in [-0.4, -0.2) is 26.3 Å². The van der Waals surface area contributed by atoms with E-state index in [1.807, 2.05) is 0 Å². The van der Waals surface area contributed by atoms with Crippen LogP contribution in [0.3, 0.4) is 0 Å². The van der Waals surface area contributed by atoms with Gasteiger partial charge < -0.3 is 5.32 Å². The number of hydrogen-bond acceptors (Lipinski definition) is 3. The first-order valence-electron chi connectivity index (χ1n) is 7.98. The van der Waals surface area contributed by atoms with E-state index in [9.17, 15) is 17.2 Å². The summed E-state index contributed by atoms with van der Waals surface area (Å²) in [6.07, 6.45) is 3.41. The van der Waals surface area contributed by atoms with Gasteiger partial charge in [-0.25, -0.2) is 21.9 Å². The second-order valence-electron chi connectivity index (χ2n) is 6.44. The van der Waals surface area contributed by atoms with Gasteiger partial charge in [0.05, 0.1) is 5.25 Å². The topological polar surface area (TPSA) is 58.2 Å². The van der Waals surface area contributed by atoms with Gasteiger partial charge in [0, 0.05) is 18.3 Å². The predicted octanol–water partition coefficient (Wildman–Crippen LogP) is 3.26. The van der Waals surface area contributed by atoms with Crippen molar-refractivity contribution in [2.24, 2.45) is 5.92 Å².